The van der Waals surface area contributed by atoms with Crippen LogP contribution < -0.4 is 16.6 Å². The number of hydrogen-bond acceptors (Lipinski definition) is 3. The summed E-state index contributed by atoms with van der Waals surface area (Å²) < 4.78 is 0. The van der Waals surface area contributed by atoms with Crippen molar-refractivity contribution in [2.45, 2.75) is 32.6 Å². The van der Waals surface area contributed by atoms with Gasteiger partial charge in [-0.2, -0.15) is 0 Å². The van der Waals surface area contributed by atoms with Crippen LogP contribution in [0.4, 0.5) is 5.69 Å². The number of rotatable bonds is 6. The van der Waals surface area contributed by atoms with Gasteiger partial charge in [-0.1, -0.05) is 19.8 Å². The summed E-state index contributed by atoms with van der Waals surface area (Å²) in [6.45, 7) is 2.10. The number of hydrogen-bond donors (Lipinski definition) is 3. The molecule has 18 heavy (non-hydrogen) atoms. The van der Waals surface area contributed by atoms with Gasteiger partial charge in [0.2, 0.25) is 5.91 Å². The van der Waals surface area contributed by atoms with E-state index in [1.54, 1.807) is 24.3 Å². The molecule has 0 heterocycles. The molecule has 5 nitrogen and oxygen atoms in total. The molecule has 0 fully saturated rings. The summed E-state index contributed by atoms with van der Waals surface area (Å²) in [6.07, 6.45) is 3.58. The Labute approximate surface area is 107 Å². The summed E-state index contributed by atoms with van der Waals surface area (Å²) in [5, 5.41) is 2.78. The van der Waals surface area contributed by atoms with Gasteiger partial charge in [0, 0.05) is 17.7 Å². The summed E-state index contributed by atoms with van der Waals surface area (Å²) >= 11 is 0. The number of hydrazine groups is 1. The minimum Gasteiger partial charge on any atom is -0.326 e. The molecule has 0 aliphatic heterocycles. The highest BCUT2D eigenvalue weighted by Crippen LogP contribution is 2.10. The molecule has 98 valence electrons. The Bertz CT molecular complexity index is 401. The highest BCUT2D eigenvalue weighted by atomic mass is 16.2. The molecule has 0 aliphatic rings. The van der Waals surface area contributed by atoms with E-state index >= 15 is 0 Å². The van der Waals surface area contributed by atoms with Gasteiger partial charge in [0.05, 0.1) is 0 Å². The van der Waals surface area contributed by atoms with Crippen molar-refractivity contribution in [2.24, 2.45) is 5.84 Å². The molecular formula is C13H19N3O2. The van der Waals surface area contributed by atoms with Gasteiger partial charge in [-0.05, 0) is 30.7 Å². The van der Waals surface area contributed by atoms with E-state index in [1.165, 1.54) is 0 Å². The molecule has 0 radical (unpaired) electrons. The molecule has 1 rings (SSSR count). The first-order chi connectivity index (χ1) is 8.67. The molecule has 0 aliphatic carbocycles. The fourth-order valence-corrected chi connectivity index (χ4v) is 1.55. The zero-order valence-corrected chi connectivity index (χ0v) is 10.5. The highest BCUT2D eigenvalue weighted by Gasteiger charge is 2.04. The predicted octanol–water partition coefficient (Wildman–Crippen LogP) is 1.81. The fourth-order valence-electron chi connectivity index (χ4n) is 1.55. The molecule has 4 N–H and O–H groups in total. The van der Waals surface area contributed by atoms with E-state index in [-0.39, 0.29) is 11.8 Å². The van der Waals surface area contributed by atoms with Crippen molar-refractivity contribution >= 4 is 17.5 Å². The molecule has 0 aromatic heterocycles. The Balaban J connectivity index is 2.48. The molecule has 1 aromatic carbocycles. The first-order valence-electron chi connectivity index (χ1n) is 6.08. The monoisotopic (exact) mass is 249 g/mol. The Morgan fingerprint density at radius 1 is 1.17 bits per heavy atom. The minimum atomic E-state index is -0.351. The number of unbranched alkanes of at least 4 members (excludes halogenated alkanes) is 2. The maximum absolute atomic E-state index is 11.6. The van der Waals surface area contributed by atoms with Crippen LogP contribution in [0.15, 0.2) is 24.3 Å². The van der Waals surface area contributed by atoms with Crippen LogP contribution in [0.2, 0.25) is 0 Å². The number of nitrogen functional groups attached to an aromatic ring is 1. The number of amides is 2. The van der Waals surface area contributed by atoms with Crippen LogP contribution in [0.5, 0.6) is 0 Å². The molecule has 0 saturated carbocycles. The SMILES string of the molecule is CCCCCC(=O)Nc1ccc(C(=O)NN)cc1. The van der Waals surface area contributed by atoms with E-state index in [0.717, 1.165) is 19.3 Å². The van der Waals surface area contributed by atoms with Gasteiger partial charge < -0.3 is 5.32 Å². The fraction of sp³-hybridized carbons (Fsp3) is 0.385. The van der Waals surface area contributed by atoms with Gasteiger partial charge in [0.15, 0.2) is 0 Å². The van der Waals surface area contributed by atoms with Gasteiger partial charge in [0.1, 0.15) is 0 Å². The second-order valence-electron chi connectivity index (χ2n) is 4.06. The Morgan fingerprint density at radius 2 is 1.83 bits per heavy atom. The minimum absolute atomic E-state index is 0.000485. The summed E-state index contributed by atoms with van der Waals surface area (Å²) in [5.74, 6) is 4.67. The van der Waals surface area contributed by atoms with Crippen LogP contribution in [-0.4, -0.2) is 11.8 Å². The average molecular weight is 249 g/mol. The molecule has 1 aromatic rings. The quantitative estimate of drug-likeness (QED) is 0.311. The van der Waals surface area contributed by atoms with Gasteiger partial charge >= 0.3 is 0 Å². The van der Waals surface area contributed by atoms with Crippen molar-refractivity contribution in [2.75, 3.05) is 5.32 Å². The van der Waals surface area contributed by atoms with E-state index in [0.29, 0.717) is 17.7 Å². The van der Waals surface area contributed by atoms with Crippen molar-refractivity contribution in [3.63, 3.8) is 0 Å². The molecule has 0 atom stereocenters. The van der Waals surface area contributed by atoms with Crippen LogP contribution in [-0.2, 0) is 4.79 Å². The third-order valence-corrected chi connectivity index (χ3v) is 2.57. The number of carbonyl (C=O) groups is 2. The Kier molecular flexibility index (Phi) is 5.87. The Hall–Kier alpha value is -1.88. The smallest absolute Gasteiger partial charge is 0.265 e. The van der Waals surface area contributed by atoms with Crippen LogP contribution in [0, 0.1) is 0 Å². The molecule has 0 saturated heterocycles. The number of carbonyl (C=O) groups excluding carboxylic acids is 2. The molecule has 0 bridgehead atoms. The van der Waals surface area contributed by atoms with Gasteiger partial charge in [-0.25, -0.2) is 5.84 Å². The van der Waals surface area contributed by atoms with E-state index in [9.17, 15) is 9.59 Å². The second kappa shape index (κ2) is 7.45. The van der Waals surface area contributed by atoms with E-state index < -0.39 is 0 Å². The van der Waals surface area contributed by atoms with Gasteiger partial charge in [0.25, 0.3) is 5.91 Å². The molecule has 2 amide bonds. The lowest BCUT2D eigenvalue weighted by Gasteiger charge is -2.06. The van der Waals surface area contributed by atoms with Gasteiger partial charge in [-0.15, -0.1) is 0 Å². The lowest BCUT2D eigenvalue weighted by molar-refractivity contribution is -0.116. The maximum atomic E-state index is 11.6. The van der Waals surface area contributed by atoms with Crippen LogP contribution in [0.3, 0.4) is 0 Å². The number of nitrogens with one attached hydrogen (secondary N) is 2. The summed E-state index contributed by atoms with van der Waals surface area (Å²) in [7, 11) is 0. The zero-order chi connectivity index (χ0) is 13.4. The second-order valence-corrected chi connectivity index (χ2v) is 4.06. The summed E-state index contributed by atoms with van der Waals surface area (Å²) in [5.41, 5.74) is 3.19. The topological polar surface area (TPSA) is 84.2 Å². The third kappa shape index (κ3) is 4.55. The molecule has 5 heteroatoms. The highest BCUT2D eigenvalue weighted by molar-refractivity contribution is 5.95. The first-order valence-corrected chi connectivity index (χ1v) is 6.08. The number of benzene rings is 1. The average Bonchev–Trinajstić information content (AvgIpc) is 2.39. The lowest BCUT2D eigenvalue weighted by atomic mass is 10.2. The first kappa shape index (κ1) is 14.2. The van der Waals surface area contributed by atoms with E-state index in [2.05, 4.69) is 12.2 Å². The standard InChI is InChI=1S/C13H19N3O2/c1-2-3-4-5-12(17)15-11-8-6-10(7-9-11)13(18)16-14/h6-9H,2-5,14H2,1H3,(H,15,17)(H,16,18). The number of anilines is 1. The van der Waals surface area contributed by atoms with Crippen LogP contribution in [0.25, 0.3) is 0 Å². The van der Waals surface area contributed by atoms with E-state index in [4.69, 9.17) is 5.84 Å². The predicted molar refractivity (Wildman–Crippen MR) is 70.9 cm³/mol. The number of nitrogens with two attached hydrogens (primary N) is 1. The molecular weight excluding hydrogens is 230 g/mol. The maximum Gasteiger partial charge on any atom is 0.265 e. The van der Waals surface area contributed by atoms with Crippen LogP contribution >= 0.6 is 0 Å². The summed E-state index contributed by atoms with van der Waals surface area (Å²) in [6, 6.07) is 6.60. The Morgan fingerprint density at radius 3 is 2.39 bits per heavy atom. The largest absolute Gasteiger partial charge is 0.326 e. The third-order valence-electron chi connectivity index (χ3n) is 2.57. The zero-order valence-electron chi connectivity index (χ0n) is 10.5. The summed E-state index contributed by atoms with van der Waals surface area (Å²) in [4.78, 5) is 22.7. The van der Waals surface area contributed by atoms with Gasteiger partial charge in [-0.3, -0.25) is 15.0 Å². The van der Waals surface area contributed by atoms with Crippen molar-refractivity contribution in [1.82, 2.24) is 5.43 Å². The molecule has 0 unspecified atom stereocenters. The van der Waals surface area contributed by atoms with Crippen molar-refractivity contribution < 1.29 is 9.59 Å². The van der Waals surface area contributed by atoms with Crippen molar-refractivity contribution in [3.8, 4) is 0 Å². The normalized spacial score (nSPS) is 9.89. The molecule has 0 spiro atoms. The lowest BCUT2D eigenvalue weighted by Crippen LogP contribution is -2.29. The van der Waals surface area contributed by atoms with Crippen molar-refractivity contribution in [1.29, 1.82) is 0 Å². The van der Waals surface area contributed by atoms with E-state index in [1.807, 2.05) is 5.43 Å². The van der Waals surface area contributed by atoms with Crippen LogP contribution in [0.1, 0.15) is 43.0 Å². The van der Waals surface area contributed by atoms with Crippen molar-refractivity contribution in [3.05, 3.63) is 29.8 Å².